The Morgan fingerprint density at radius 2 is 1.90 bits per heavy atom. The largest absolute Gasteiger partial charge is 0.398 e. The van der Waals surface area contributed by atoms with E-state index in [2.05, 4.69) is 0 Å². The SMILES string of the molecule is Cc1cc(C)c(S(=O)(=O)N(C)C2CCOC2C)c(C)c1N. The molecule has 0 saturated carbocycles. The van der Waals surface area contributed by atoms with Crippen molar-refractivity contribution in [3.63, 3.8) is 0 Å². The molecule has 2 atom stereocenters. The van der Waals surface area contributed by atoms with Crippen LogP contribution in [-0.4, -0.2) is 38.5 Å². The highest BCUT2D eigenvalue weighted by Gasteiger charge is 2.36. The molecule has 2 unspecified atom stereocenters. The quantitative estimate of drug-likeness (QED) is 0.866. The van der Waals surface area contributed by atoms with Gasteiger partial charge in [-0.15, -0.1) is 0 Å². The normalized spacial score (nSPS) is 23.0. The van der Waals surface area contributed by atoms with E-state index in [1.54, 1.807) is 14.0 Å². The van der Waals surface area contributed by atoms with Gasteiger partial charge in [-0.2, -0.15) is 4.31 Å². The summed E-state index contributed by atoms with van der Waals surface area (Å²) in [5.41, 5.74) is 8.84. The van der Waals surface area contributed by atoms with Gasteiger partial charge in [0.2, 0.25) is 10.0 Å². The van der Waals surface area contributed by atoms with Gasteiger partial charge in [0.05, 0.1) is 17.0 Å². The summed E-state index contributed by atoms with van der Waals surface area (Å²) in [6.45, 7) is 7.98. The minimum absolute atomic E-state index is 0.0896. The molecule has 0 radical (unpaired) electrons. The summed E-state index contributed by atoms with van der Waals surface area (Å²) in [6.07, 6.45) is 0.629. The first-order valence-electron chi connectivity index (χ1n) is 7.13. The van der Waals surface area contributed by atoms with E-state index in [1.807, 2.05) is 26.8 Å². The summed E-state index contributed by atoms with van der Waals surface area (Å²) < 4.78 is 32.9. The second-order valence-electron chi connectivity index (χ2n) is 5.83. The van der Waals surface area contributed by atoms with Crippen molar-refractivity contribution in [1.29, 1.82) is 0 Å². The highest BCUT2D eigenvalue weighted by Crippen LogP contribution is 2.32. The van der Waals surface area contributed by atoms with Crippen molar-refractivity contribution in [2.24, 2.45) is 0 Å². The molecule has 6 heteroatoms. The number of rotatable bonds is 3. The van der Waals surface area contributed by atoms with Crippen LogP contribution in [0, 0.1) is 20.8 Å². The first kappa shape index (κ1) is 16.3. The number of hydrogen-bond donors (Lipinski definition) is 1. The van der Waals surface area contributed by atoms with E-state index < -0.39 is 10.0 Å². The van der Waals surface area contributed by atoms with Gasteiger partial charge in [-0.3, -0.25) is 0 Å². The van der Waals surface area contributed by atoms with Gasteiger partial charge in [0.25, 0.3) is 0 Å². The number of ether oxygens (including phenoxy) is 1. The van der Waals surface area contributed by atoms with E-state index in [9.17, 15) is 8.42 Å². The van der Waals surface area contributed by atoms with Crippen molar-refractivity contribution < 1.29 is 13.2 Å². The summed E-state index contributed by atoms with van der Waals surface area (Å²) in [4.78, 5) is 0.326. The molecular weight excluding hydrogens is 288 g/mol. The Morgan fingerprint density at radius 1 is 1.29 bits per heavy atom. The molecular formula is C15H24N2O3S. The Hall–Kier alpha value is -1.11. The fraction of sp³-hybridized carbons (Fsp3) is 0.600. The average Bonchev–Trinajstić information content (AvgIpc) is 2.81. The number of benzene rings is 1. The third kappa shape index (κ3) is 2.67. The zero-order valence-corrected chi connectivity index (χ0v) is 14.1. The summed E-state index contributed by atoms with van der Waals surface area (Å²) in [5, 5.41) is 0. The predicted molar refractivity (Wildman–Crippen MR) is 83.8 cm³/mol. The van der Waals surface area contributed by atoms with Gasteiger partial charge in [0.1, 0.15) is 0 Å². The number of aryl methyl sites for hydroxylation is 2. The molecule has 0 aromatic heterocycles. The number of sulfonamides is 1. The second-order valence-corrected chi connectivity index (χ2v) is 7.77. The third-order valence-electron chi connectivity index (χ3n) is 4.40. The lowest BCUT2D eigenvalue weighted by molar-refractivity contribution is 0.102. The lowest BCUT2D eigenvalue weighted by Crippen LogP contribution is -2.41. The highest BCUT2D eigenvalue weighted by molar-refractivity contribution is 7.89. The lowest BCUT2D eigenvalue weighted by atomic mass is 10.1. The first-order valence-corrected chi connectivity index (χ1v) is 8.57. The Morgan fingerprint density at radius 3 is 2.43 bits per heavy atom. The molecule has 1 fully saturated rings. The summed E-state index contributed by atoms with van der Waals surface area (Å²) in [6, 6.07) is 1.70. The molecule has 21 heavy (non-hydrogen) atoms. The van der Waals surface area contributed by atoms with Gasteiger partial charge in [-0.05, 0) is 50.8 Å². The minimum Gasteiger partial charge on any atom is -0.398 e. The van der Waals surface area contributed by atoms with Crippen LogP contribution in [0.2, 0.25) is 0 Å². The Bertz CT molecular complexity index is 655. The Balaban J connectivity index is 2.52. The topological polar surface area (TPSA) is 72.6 Å². The van der Waals surface area contributed by atoms with Crippen molar-refractivity contribution in [2.75, 3.05) is 19.4 Å². The van der Waals surface area contributed by atoms with Gasteiger partial charge in [-0.25, -0.2) is 8.42 Å². The molecule has 2 rings (SSSR count). The Labute approximate surface area is 127 Å². The van der Waals surface area contributed by atoms with Crippen molar-refractivity contribution in [2.45, 2.75) is 51.2 Å². The highest BCUT2D eigenvalue weighted by atomic mass is 32.2. The average molecular weight is 312 g/mol. The standard InChI is InChI=1S/C15H24N2O3S/c1-9-8-10(2)15(11(3)14(9)16)21(18,19)17(5)13-6-7-20-12(13)4/h8,12-13H,6-7,16H2,1-5H3. The summed E-state index contributed by atoms with van der Waals surface area (Å²) in [7, 11) is -1.96. The van der Waals surface area contributed by atoms with Crippen LogP contribution in [0.4, 0.5) is 5.69 Å². The molecule has 118 valence electrons. The van der Waals surface area contributed by atoms with Crippen LogP contribution in [0.5, 0.6) is 0 Å². The molecule has 2 N–H and O–H groups in total. The molecule has 1 saturated heterocycles. The fourth-order valence-electron chi connectivity index (χ4n) is 3.10. The molecule has 1 aliphatic rings. The van der Waals surface area contributed by atoms with Crippen LogP contribution in [0.25, 0.3) is 0 Å². The molecule has 1 aliphatic heterocycles. The molecule has 1 heterocycles. The molecule has 0 aliphatic carbocycles. The van der Waals surface area contributed by atoms with Gasteiger partial charge in [0.15, 0.2) is 0 Å². The van der Waals surface area contributed by atoms with E-state index in [-0.39, 0.29) is 12.1 Å². The Kier molecular flexibility index (Phi) is 4.33. The van der Waals surface area contributed by atoms with Crippen LogP contribution in [0.15, 0.2) is 11.0 Å². The molecule has 0 spiro atoms. The smallest absolute Gasteiger partial charge is 0.243 e. The van der Waals surface area contributed by atoms with Gasteiger partial charge in [0, 0.05) is 19.3 Å². The molecule has 0 bridgehead atoms. The molecule has 1 aromatic rings. The maximum absolute atomic E-state index is 13.0. The van der Waals surface area contributed by atoms with Crippen molar-refractivity contribution in [1.82, 2.24) is 4.31 Å². The van der Waals surface area contributed by atoms with E-state index in [0.717, 1.165) is 17.5 Å². The van der Waals surface area contributed by atoms with E-state index in [1.165, 1.54) is 4.31 Å². The predicted octanol–water partition coefficient (Wildman–Crippen LogP) is 1.99. The first-order chi connectivity index (χ1) is 9.67. The summed E-state index contributed by atoms with van der Waals surface area (Å²) >= 11 is 0. The maximum Gasteiger partial charge on any atom is 0.243 e. The number of likely N-dealkylation sites (N-methyl/N-ethyl adjacent to an activating group) is 1. The van der Waals surface area contributed by atoms with Gasteiger partial charge < -0.3 is 10.5 Å². The third-order valence-corrected chi connectivity index (χ3v) is 6.57. The van der Waals surface area contributed by atoms with E-state index in [0.29, 0.717) is 22.8 Å². The minimum atomic E-state index is -3.58. The van der Waals surface area contributed by atoms with Crippen molar-refractivity contribution in [3.05, 3.63) is 22.8 Å². The molecule has 1 aromatic carbocycles. The fourth-order valence-corrected chi connectivity index (χ4v) is 4.98. The van der Waals surface area contributed by atoms with Crippen LogP contribution >= 0.6 is 0 Å². The van der Waals surface area contributed by atoms with Gasteiger partial charge in [-0.1, -0.05) is 6.07 Å². The van der Waals surface area contributed by atoms with Crippen molar-refractivity contribution >= 4 is 15.7 Å². The number of nitrogen functional groups attached to an aromatic ring is 1. The van der Waals surface area contributed by atoms with E-state index >= 15 is 0 Å². The number of nitrogens with two attached hydrogens (primary N) is 1. The zero-order valence-electron chi connectivity index (χ0n) is 13.3. The number of anilines is 1. The number of nitrogens with zero attached hydrogens (tertiary/aromatic N) is 1. The van der Waals surface area contributed by atoms with Crippen LogP contribution < -0.4 is 5.73 Å². The molecule has 5 nitrogen and oxygen atoms in total. The maximum atomic E-state index is 13.0. The zero-order chi connectivity index (χ0) is 15.9. The monoisotopic (exact) mass is 312 g/mol. The van der Waals surface area contributed by atoms with Crippen LogP contribution in [-0.2, 0) is 14.8 Å². The van der Waals surface area contributed by atoms with Crippen LogP contribution in [0.1, 0.15) is 30.0 Å². The lowest BCUT2D eigenvalue weighted by Gasteiger charge is -2.28. The molecule has 0 amide bonds. The summed E-state index contributed by atoms with van der Waals surface area (Å²) in [5.74, 6) is 0. The second kappa shape index (κ2) is 5.59. The number of hydrogen-bond acceptors (Lipinski definition) is 4. The van der Waals surface area contributed by atoms with Crippen LogP contribution in [0.3, 0.4) is 0 Å². The van der Waals surface area contributed by atoms with Crippen molar-refractivity contribution in [3.8, 4) is 0 Å². The van der Waals surface area contributed by atoms with Gasteiger partial charge >= 0.3 is 0 Å². The van der Waals surface area contributed by atoms with E-state index in [4.69, 9.17) is 10.5 Å².